The van der Waals surface area contributed by atoms with Crippen molar-refractivity contribution in [3.63, 3.8) is 0 Å². The van der Waals surface area contributed by atoms with E-state index in [-0.39, 0.29) is 6.54 Å². The number of hydrogen-bond acceptors (Lipinski definition) is 5. The molecule has 0 aromatic heterocycles. The first-order valence-corrected chi connectivity index (χ1v) is 10.4. The van der Waals surface area contributed by atoms with Gasteiger partial charge in [0.1, 0.15) is 5.75 Å². The first-order valence-electron chi connectivity index (χ1n) is 8.89. The third-order valence-electron chi connectivity index (χ3n) is 4.87. The maximum atomic E-state index is 12.8. The highest BCUT2D eigenvalue weighted by Crippen LogP contribution is 2.34. The lowest BCUT2D eigenvalue weighted by molar-refractivity contribution is 0.347. The lowest BCUT2D eigenvalue weighted by atomic mass is 9.92. The molecular weight excluding hydrogens is 366 g/mol. The molecule has 27 heavy (non-hydrogen) atoms. The number of benzene rings is 2. The van der Waals surface area contributed by atoms with Crippen molar-refractivity contribution in [3.8, 4) is 17.2 Å². The predicted octanol–water partition coefficient (Wildman–Crippen LogP) is 3.07. The fourth-order valence-electron chi connectivity index (χ4n) is 3.36. The van der Waals surface area contributed by atoms with Gasteiger partial charge in [-0.05, 0) is 55.0 Å². The van der Waals surface area contributed by atoms with Crippen molar-refractivity contribution in [3.05, 3.63) is 47.0 Å². The molecule has 0 radical (unpaired) electrons. The van der Waals surface area contributed by atoms with Gasteiger partial charge in [-0.15, -0.1) is 0 Å². The average Bonchev–Trinajstić information content (AvgIpc) is 2.71. The number of hydrogen-bond donors (Lipinski definition) is 1. The Hall–Kier alpha value is -2.25. The molecule has 1 aliphatic carbocycles. The Bertz CT molecular complexity index is 924. The minimum absolute atomic E-state index is 0.0863. The molecule has 0 saturated heterocycles. The van der Waals surface area contributed by atoms with Gasteiger partial charge in [0.05, 0.1) is 26.2 Å². The molecule has 0 unspecified atom stereocenters. The Morgan fingerprint density at radius 3 is 2.15 bits per heavy atom. The van der Waals surface area contributed by atoms with Crippen LogP contribution in [0.15, 0.2) is 35.2 Å². The van der Waals surface area contributed by atoms with Crippen molar-refractivity contribution < 1.29 is 22.6 Å². The number of nitrogens with one attached hydrogen (secondary N) is 1. The molecule has 3 rings (SSSR count). The van der Waals surface area contributed by atoms with Crippen LogP contribution in [0.3, 0.4) is 0 Å². The summed E-state index contributed by atoms with van der Waals surface area (Å²) in [6.07, 6.45) is 4.22. The van der Waals surface area contributed by atoms with E-state index < -0.39 is 10.0 Å². The zero-order valence-corrected chi connectivity index (χ0v) is 16.7. The molecule has 2 aromatic rings. The maximum Gasteiger partial charge on any atom is 0.240 e. The number of ether oxygens (including phenoxy) is 3. The molecule has 0 spiro atoms. The molecule has 1 N–H and O–H groups in total. The molecule has 0 aliphatic heterocycles. The Kier molecular flexibility index (Phi) is 5.92. The molecule has 6 nitrogen and oxygen atoms in total. The van der Waals surface area contributed by atoms with E-state index in [1.807, 2.05) is 6.07 Å². The maximum absolute atomic E-state index is 12.8. The van der Waals surface area contributed by atoms with Gasteiger partial charge in [-0.2, -0.15) is 0 Å². The summed E-state index contributed by atoms with van der Waals surface area (Å²) in [7, 11) is 0.971. The van der Waals surface area contributed by atoms with Crippen molar-refractivity contribution in [2.75, 3.05) is 21.3 Å². The third kappa shape index (κ3) is 4.20. The van der Waals surface area contributed by atoms with E-state index in [1.165, 1.54) is 26.9 Å². The highest BCUT2D eigenvalue weighted by Gasteiger charge is 2.19. The van der Waals surface area contributed by atoms with Crippen LogP contribution in [0.2, 0.25) is 0 Å². The van der Waals surface area contributed by atoms with Gasteiger partial charge in [0, 0.05) is 18.2 Å². The van der Waals surface area contributed by atoms with Crippen LogP contribution in [0.5, 0.6) is 17.2 Å². The van der Waals surface area contributed by atoms with Crippen molar-refractivity contribution in [2.24, 2.45) is 0 Å². The molecule has 0 atom stereocenters. The quantitative estimate of drug-likeness (QED) is 0.785. The molecule has 146 valence electrons. The molecule has 2 aromatic carbocycles. The van der Waals surface area contributed by atoms with Gasteiger partial charge < -0.3 is 14.2 Å². The van der Waals surface area contributed by atoms with Crippen LogP contribution in [0.1, 0.15) is 29.5 Å². The molecule has 0 bridgehead atoms. The van der Waals surface area contributed by atoms with Crippen LogP contribution < -0.4 is 18.9 Å². The molecule has 0 fully saturated rings. The second-order valence-electron chi connectivity index (χ2n) is 6.48. The van der Waals surface area contributed by atoms with E-state index in [0.717, 1.165) is 31.2 Å². The van der Waals surface area contributed by atoms with E-state index in [4.69, 9.17) is 14.2 Å². The normalized spacial score (nSPS) is 13.7. The van der Waals surface area contributed by atoms with Crippen LogP contribution in [0.25, 0.3) is 0 Å². The van der Waals surface area contributed by atoms with Crippen molar-refractivity contribution in [2.45, 2.75) is 37.1 Å². The molecule has 0 saturated carbocycles. The zero-order chi connectivity index (χ0) is 19.4. The van der Waals surface area contributed by atoms with E-state index >= 15 is 0 Å². The van der Waals surface area contributed by atoms with Crippen LogP contribution in [0.4, 0.5) is 0 Å². The molecule has 1 aliphatic rings. The molecule has 0 heterocycles. The predicted molar refractivity (Wildman–Crippen MR) is 103 cm³/mol. The van der Waals surface area contributed by atoms with Crippen molar-refractivity contribution in [1.29, 1.82) is 0 Å². The Balaban J connectivity index is 1.83. The average molecular weight is 391 g/mol. The fraction of sp³-hybridized carbons (Fsp3) is 0.400. The minimum atomic E-state index is -3.63. The lowest BCUT2D eigenvalue weighted by Gasteiger charge is -2.17. The van der Waals surface area contributed by atoms with Gasteiger partial charge in [0.25, 0.3) is 0 Å². The van der Waals surface area contributed by atoms with Crippen LogP contribution in [-0.4, -0.2) is 29.7 Å². The molecular formula is C20H25NO5S. The van der Waals surface area contributed by atoms with Crippen molar-refractivity contribution >= 4 is 10.0 Å². The zero-order valence-electron chi connectivity index (χ0n) is 15.9. The standard InChI is InChI=1S/C20H25NO5S/c1-24-18-12-20(26-3)19(25-2)11-16(18)13-21-27(22,23)17-9-8-14-6-4-5-7-15(14)10-17/h8-12,21H,4-7,13H2,1-3H3. The van der Waals surface area contributed by atoms with Crippen LogP contribution >= 0.6 is 0 Å². The van der Waals surface area contributed by atoms with Gasteiger partial charge in [0.15, 0.2) is 11.5 Å². The highest BCUT2D eigenvalue weighted by atomic mass is 32.2. The van der Waals surface area contributed by atoms with E-state index in [1.54, 1.807) is 24.3 Å². The summed E-state index contributed by atoms with van der Waals surface area (Å²) in [6.45, 7) is 0.0863. The first-order chi connectivity index (χ1) is 13.0. The SMILES string of the molecule is COc1cc(OC)c(OC)cc1CNS(=O)(=O)c1ccc2c(c1)CCCC2. The van der Waals surface area contributed by atoms with E-state index in [9.17, 15) is 8.42 Å². The number of rotatable bonds is 7. The fourth-order valence-corrected chi connectivity index (χ4v) is 4.42. The number of fused-ring (bicyclic) bond motifs is 1. The summed E-state index contributed by atoms with van der Waals surface area (Å²) >= 11 is 0. The summed E-state index contributed by atoms with van der Waals surface area (Å²) in [5.74, 6) is 1.57. The summed E-state index contributed by atoms with van der Waals surface area (Å²) < 4.78 is 44.1. The largest absolute Gasteiger partial charge is 0.496 e. The minimum Gasteiger partial charge on any atom is -0.496 e. The lowest BCUT2D eigenvalue weighted by Crippen LogP contribution is -2.24. The Morgan fingerprint density at radius 2 is 1.48 bits per heavy atom. The van der Waals surface area contributed by atoms with E-state index in [0.29, 0.717) is 27.7 Å². The van der Waals surface area contributed by atoms with Gasteiger partial charge in [-0.3, -0.25) is 0 Å². The second-order valence-corrected chi connectivity index (χ2v) is 8.25. The van der Waals surface area contributed by atoms with Crippen LogP contribution in [0, 0.1) is 0 Å². The number of methoxy groups -OCH3 is 3. The third-order valence-corrected chi connectivity index (χ3v) is 6.27. The van der Waals surface area contributed by atoms with Gasteiger partial charge >= 0.3 is 0 Å². The van der Waals surface area contributed by atoms with E-state index in [2.05, 4.69) is 4.72 Å². The Labute approximate surface area is 160 Å². The Morgan fingerprint density at radius 1 is 0.852 bits per heavy atom. The first kappa shape index (κ1) is 19.5. The number of aryl methyl sites for hydroxylation is 2. The van der Waals surface area contributed by atoms with Crippen LogP contribution in [-0.2, 0) is 29.4 Å². The van der Waals surface area contributed by atoms with Gasteiger partial charge in [-0.1, -0.05) is 6.07 Å². The summed E-state index contributed by atoms with van der Waals surface area (Å²) in [5, 5.41) is 0. The molecule has 0 amide bonds. The topological polar surface area (TPSA) is 73.9 Å². The summed E-state index contributed by atoms with van der Waals surface area (Å²) in [5.41, 5.74) is 3.05. The summed E-state index contributed by atoms with van der Waals surface area (Å²) in [6, 6.07) is 8.80. The smallest absolute Gasteiger partial charge is 0.240 e. The molecule has 7 heteroatoms. The highest BCUT2D eigenvalue weighted by molar-refractivity contribution is 7.89. The second kappa shape index (κ2) is 8.19. The van der Waals surface area contributed by atoms with Crippen molar-refractivity contribution in [1.82, 2.24) is 4.72 Å². The van der Waals surface area contributed by atoms with Gasteiger partial charge in [0.2, 0.25) is 10.0 Å². The monoisotopic (exact) mass is 391 g/mol. The number of sulfonamides is 1. The van der Waals surface area contributed by atoms with Gasteiger partial charge in [-0.25, -0.2) is 13.1 Å². The summed E-state index contributed by atoms with van der Waals surface area (Å²) in [4.78, 5) is 0.294.